The lowest BCUT2D eigenvalue weighted by atomic mass is 9.48. The Kier molecular flexibility index (Phi) is 2.72. The van der Waals surface area contributed by atoms with Gasteiger partial charge in [0.2, 0.25) is 0 Å². The topological polar surface area (TPSA) is 66.5 Å². The Labute approximate surface area is 152 Å². The van der Waals surface area contributed by atoms with Crippen LogP contribution in [-0.4, -0.2) is 10.2 Å². The van der Waals surface area contributed by atoms with Crippen LogP contribution < -0.4 is 5.73 Å². The van der Waals surface area contributed by atoms with Crippen molar-refractivity contribution in [2.75, 3.05) is 5.73 Å². The summed E-state index contributed by atoms with van der Waals surface area (Å²) in [6.07, 6.45) is 6.61. The number of aliphatic hydroxyl groups is 1. The molecule has 0 heterocycles. The fraction of sp³-hybridized carbons (Fsp3) is 0.217. The van der Waals surface area contributed by atoms with E-state index in [1.54, 1.807) is 0 Å². The van der Waals surface area contributed by atoms with Crippen LogP contribution in [0.4, 0.5) is 5.69 Å². The van der Waals surface area contributed by atoms with E-state index in [4.69, 9.17) is 5.73 Å². The number of nitrogen functional groups attached to an aromatic ring is 1. The second-order valence-electron chi connectivity index (χ2n) is 7.82. The molecule has 0 aromatic heterocycles. The molecule has 4 aliphatic rings. The van der Waals surface area contributed by atoms with Crippen LogP contribution in [0, 0.1) is 0 Å². The predicted molar refractivity (Wildman–Crippen MR) is 103 cm³/mol. The SMILES string of the molecule is CC12C3=C(C=CCC(O)=C3)C(C)(c3ccccc31)c1cc(O)c(N)cc12. The molecule has 0 spiro atoms. The predicted octanol–water partition coefficient (Wildman–Crippen LogP) is 4.61. The van der Waals surface area contributed by atoms with Crippen molar-refractivity contribution in [2.45, 2.75) is 31.1 Å². The first-order valence-corrected chi connectivity index (χ1v) is 8.93. The lowest BCUT2D eigenvalue weighted by Gasteiger charge is -2.54. The Hall–Kier alpha value is -2.94. The van der Waals surface area contributed by atoms with Crippen molar-refractivity contribution < 1.29 is 10.2 Å². The van der Waals surface area contributed by atoms with Gasteiger partial charge in [-0.15, -0.1) is 0 Å². The Morgan fingerprint density at radius 3 is 2.19 bits per heavy atom. The third-order valence-electron chi connectivity index (χ3n) is 6.54. The van der Waals surface area contributed by atoms with Crippen LogP contribution in [0.5, 0.6) is 5.75 Å². The van der Waals surface area contributed by atoms with E-state index in [2.05, 4.69) is 44.2 Å². The molecule has 2 aromatic carbocycles. The number of rotatable bonds is 0. The van der Waals surface area contributed by atoms with Crippen molar-refractivity contribution in [2.24, 2.45) is 0 Å². The lowest BCUT2D eigenvalue weighted by molar-refractivity contribution is 0.399. The van der Waals surface area contributed by atoms with E-state index >= 15 is 0 Å². The average Bonchev–Trinajstić information content (AvgIpc) is 2.83. The third-order valence-corrected chi connectivity index (χ3v) is 6.54. The van der Waals surface area contributed by atoms with Crippen LogP contribution >= 0.6 is 0 Å². The van der Waals surface area contributed by atoms with Crippen molar-refractivity contribution in [3.63, 3.8) is 0 Å². The summed E-state index contributed by atoms with van der Waals surface area (Å²) < 4.78 is 0. The molecule has 0 fully saturated rings. The van der Waals surface area contributed by atoms with Gasteiger partial charge in [0, 0.05) is 17.3 Å². The van der Waals surface area contributed by atoms with Crippen molar-refractivity contribution in [1.29, 1.82) is 0 Å². The molecule has 2 atom stereocenters. The number of anilines is 1. The fourth-order valence-electron chi connectivity index (χ4n) is 5.20. The maximum absolute atomic E-state index is 10.4. The highest BCUT2D eigenvalue weighted by Crippen LogP contribution is 2.63. The minimum absolute atomic E-state index is 0.122. The first-order chi connectivity index (χ1) is 12.4. The van der Waals surface area contributed by atoms with Crippen LogP contribution in [-0.2, 0) is 10.8 Å². The van der Waals surface area contributed by atoms with E-state index in [-0.39, 0.29) is 5.75 Å². The fourth-order valence-corrected chi connectivity index (χ4v) is 5.20. The van der Waals surface area contributed by atoms with E-state index in [1.807, 2.05) is 24.3 Å². The zero-order valence-corrected chi connectivity index (χ0v) is 14.9. The smallest absolute Gasteiger partial charge is 0.138 e. The highest BCUT2D eigenvalue weighted by atomic mass is 16.3. The van der Waals surface area contributed by atoms with Crippen LogP contribution in [0.1, 0.15) is 42.5 Å². The van der Waals surface area contributed by atoms with Gasteiger partial charge in [0.1, 0.15) is 5.75 Å². The molecular weight excluding hydrogens is 322 g/mol. The van der Waals surface area contributed by atoms with Crippen molar-refractivity contribution in [1.82, 2.24) is 0 Å². The molecule has 2 unspecified atom stereocenters. The summed E-state index contributed by atoms with van der Waals surface area (Å²) in [6.45, 7) is 4.40. The van der Waals surface area contributed by atoms with E-state index in [1.165, 1.54) is 16.7 Å². The van der Waals surface area contributed by atoms with E-state index in [9.17, 15) is 10.2 Å². The minimum atomic E-state index is -0.427. The summed E-state index contributed by atoms with van der Waals surface area (Å²) >= 11 is 0. The summed E-state index contributed by atoms with van der Waals surface area (Å²) in [5, 5.41) is 20.7. The van der Waals surface area contributed by atoms with Gasteiger partial charge in [0.25, 0.3) is 0 Å². The van der Waals surface area contributed by atoms with Gasteiger partial charge in [0.05, 0.1) is 11.4 Å². The van der Waals surface area contributed by atoms with Gasteiger partial charge in [-0.1, -0.05) is 36.4 Å². The number of benzene rings is 2. The van der Waals surface area contributed by atoms with Crippen LogP contribution in [0.15, 0.2) is 71.5 Å². The number of aromatic hydroxyl groups is 1. The molecule has 2 aromatic rings. The van der Waals surface area contributed by atoms with Crippen LogP contribution in [0.2, 0.25) is 0 Å². The van der Waals surface area contributed by atoms with Crippen molar-refractivity contribution in [3.05, 3.63) is 93.8 Å². The Bertz CT molecular complexity index is 1080. The first kappa shape index (κ1) is 15.3. The average molecular weight is 343 g/mol. The lowest BCUT2D eigenvalue weighted by Crippen LogP contribution is -2.47. The standard InChI is InChI=1S/C23H21NO2/c1-22-14-7-3-4-8-15(14)23(2,17-10-13(25)6-5-9-16(17)22)18-11-20(24)21(26)12-19(18)22/h3-5,7-12,25-26H,6,24H2,1-2H3. The molecule has 6 rings (SSSR count). The molecular formula is C23H21NO2. The number of hydrogen-bond acceptors (Lipinski definition) is 3. The molecule has 0 amide bonds. The number of hydrogen-bond donors (Lipinski definition) is 3. The third kappa shape index (κ3) is 1.55. The summed E-state index contributed by atoms with van der Waals surface area (Å²) in [5.41, 5.74) is 12.6. The molecule has 130 valence electrons. The number of allylic oxidation sites excluding steroid dienone is 5. The second kappa shape index (κ2) is 4.61. The number of aliphatic hydroxyl groups excluding tert-OH is 1. The molecule has 0 aliphatic heterocycles. The van der Waals surface area contributed by atoms with Crippen molar-refractivity contribution >= 4 is 5.69 Å². The van der Waals surface area contributed by atoms with E-state index < -0.39 is 10.8 Å². The van der Waals surface area contributed by atoms with Gasteiger partial charge in [-0.2, -0.15) is 0 Å². The van der Waals surface area contributed by atoms with Gasteiger partial charge in [0.15, 0.2) is 0 Å². The van der Waals surface area contributed by atoms with Crippen molar-refractivity contribution in [3.8, 4) is 5.75 Å². The number of phenols is 1. The molecule has 2 bridgehead atoms. The summed E-state index contributed by atoms with van der Waals surface area (Å²) in [7, 11) is 0. The van der Waals surface area contributed by atoms with Gasteiger partial charge in [-0.3, -0.25) is 0 Å². The maximum atomic E-state index is 10.4. The highest BCUT2D eigenvalue weighted by Gasteiger charge is 2.55. The summed E-state index contributed by atoms with van der Waals surface area (Å²) in [6, 6.07) is 12.2. The molecule has 4 N–H and O–H groups in total. The number of nitrogens with two attached hydrogens (primary N) is 1. The monoisotopic (exact) mass is 343 g/mol. The van der Waals surface area contributed by atoms with E-state index in [0.29, 0.717) is 17.9 Å². The van der Waals surface area contributed by atoms with Gasteiger partial charge < -0.3 is 15.9 Å². The normalized spacial score (nSPS) is 28.2. The second-order valence-corrected chi connectivity index (χ2v) is 7.82. The quantitative estimate of drug-likeness (QED) is 0.483. The molecule has 0 saturated heterocycles. The molecule has 26 heavy (non-hydrogen) atoms. The first-order valence-electron chi connectivity index (χ1n) is 8.93. The molecule has 0 radical (unpaired) electrons. The molecule has 4 aliphatic carbocycles. The Morgan fingerprint density at radius 2 is 1.50 bits per heavy atom. The molecule has 0 saturated carbocycles. The van der Waals surface area contributed by atoms with Gasteiger partial charge >= 0.3 is 0 Å². The molecule has 3 nitrogen and oxygen atoms in total. The summed E-state index contributed by atoms with van der Waals surface area (Å²) in [4.78, 5) is 0. The maximum Gasteiger partial charge on any atom is 0.138 e. The Morgan fingerprint density at radius 1 is 0.885 bits per heavy atom. The van der Waals surface area contributed by atoms with Gasteiger partial charge in [-0.25, -0.2) is 0 Å². The van der Waals surface area contributed by atoms with Gasteiger partial charge in [-0.05, 0) is 65.5 Å². The zero-order chi connectivity index (χ0) is 18.3. The minimum Gasteiger partial charge on any atom is -0.512 e. The number of phenolic OH excluding ortho intramolecular Hbond substituents is 1. The summed E-state index contributed by atoms with van der Waals surface area (Å²) in [5.74, 6) is 0.492. The molecule has 3 heteroatoms. The van der Waals surface area contributed by atoms with Crippen LogP contribution in [0.3, 0.4) is 0 Å². The highest BCUT2D eigenvalue weighted by molar-refractivity contribution is 5.78. The largest absolute Gasteiger partial charge is 0.512 e. The Balaban J connectivity index is 2.00. The van der Waals surface area contributed by atoms with Crippen LogP contribution in [0.25, 0.3) is 0 Å². The zero-order valence-electron chi connectivity index (χ0n) is 14.9. The van der Waals surface area contributed by atoms with E-state index in [0.717, 1.165) is 16.7 Å².